The molecule has 0 radical (unpaired) electrons. The van der Waals surface area contributed by atoms with Crippen LogP contribution in [-0.4, -0.2) is 28.6 Å². The van der Waals surface area contributed by atoms with Gasteiger partial charge in [0.05, 0.1) is 10.3 Å². The molecule has 0 spiro atoms. The second kappa shape index (κ2) is 5.59. The number of thiophene rings is 1. The normalized spacial score (nSPS) is 27.1. The summed E-state index contributed by atoms with van der Waals surface area (Å²) in [7, 11) is 0. The summed E-state index contributed by atoms with van der Waals surface area (Å²) in [6, 6.07) is 4.60. The van der Waals surface area contributed by atoms with E-state index < -0.39 is 5.97 Å². The average molecular weight is 288 g/mol. The van der Waals surface area contributed by atoms with Crippen molar-refractivity contribution in [2.75, 3.05) is 6.54 Å². The highest BCUT2D eigenvalue weighted by molar-refractivity contribution is 7.16. The smallest absolute Gasteiger partial charge is 0.306 e. The van der Waals surface area contributed by atoms with E-state index in [1.165, 1.54) is 4.88 Å². The molecule has 100 valence electrons. The number of carboxylic acid groups (broad SMARTS) is 1. The number of piperidine rings is 1. The Morgan fingerprint density at radius 2 is 2.33 bits per heavy atom. The highest BCUT2D eigenvalue weighted by atomic mass is 35.5. The predicted octanol–water partition coefficient (Wildman–Crippen LogP) is 3.65. The lowest BCUT2D eigenvalue weighted by molar-refractivity contribution is -0.144. The van der Waals surface area contributed by atoms with E-state index in [2.05, 4.69) is 24.8 Å². The number of aliphatic carboxylic acids is 1. The molecule has 1 fully saturated rings. The fourth-order valence-corrected chi connectivity index (χ4v) is 3.84. The fraction of sp³-hybridized carbons (Fsp3) is 0.615. The lowest BCUT2D eigenvalue weighted by Gasteiger charge is -2.39. The first-order chi connectivity index (χ1) is 8.49. The minimum atomic E-state index is -0.659. The van der Waals surface area contributed by atoms with Crippen molar-refractivity contribution in [2.24, 2.45) is 5.92 Å². The summed E-state index contributed by atoms with van der Waals surface area (Å²) in [6.45, 7) is 5.12. The highest BCUT2D eigenvalue weighted by Gasteiger charge is 2.32. The van der Waals surface area contributed by atoms with Gasteiger partial charge in [0, 0.05) is 17.0 Å². The van der Waals surface area contributed by atoms with E-state index in [9.17, 15) is 4.79 Å². The Labute approximate surface area is 116 Å². The maximum Gasteiger partial charge on any atom is 0.306 e. The number of nitrogens with zero attached hydrogens (tertiary/aromatic N) is 1. The Balaban J connectivity index is 2.04. The highest BCUT2D eigenvalue weighted by Crippen LogP contribution is 2.35. The van der Waals surface area contributed by atoms with Crippen molar-refractivity contribution in [3.63, 3.8) is 0 Å². The van der Waals surface area contributed by atoms with Crippen molar-refractivity contribution in [2.45, 2.75) is 38.8 Å². The molecule has 1 aliphatic heterocycles. The largest absolute Gasteiger partial charge is 0.481 e. The zero-order valence-electron chi connectivity index (χ0n) is 10.6. The van der Waals surface area contributed by atoms with E-state index in [1.54, 1.807) is 11.3 Å². The number of carboxylic acids is 1. The van der Waals surface area contributed by atoms with Crippen LogP contribution in [0.2, 0.25) is 4.34 Å². The van der Waals surface area contributed by atoms with E-state index in [-0.39, 0.29) is 5.92 Å². The molecule has 3 atom stereocenters. The fourth-order valence-electron chi connectivity index (χ4n) is 2.71. The lowest BCUT2D eigenvalue weighted by Crippen LogP contribution is -2.43. The molecule has 2 heterocycles. The van der Waals surface area contributed by atoms with E-state index in [4.69, 9.17) is 16.7 Å². The number of likely N-dealkylation sites (tertiary alicyclic amines) is 1. The first-order valence-corrected chi connectivity index (χ1v) is 7.42. The van der Waals surface area contributed by atoms with Gasteiger partial charge in [0.25, 0.3) is 0 Å². The topological polar surface area (TPSA) is 40.5 Å². The van der Waals surface area contributed by atoms with Gasteiger partial charge in [-0.15, -0.1) is 11.3 Å². The van der Waals surface area contributed by atoms with Crippen LogP contribution in [0, 0.1) is 5.92 Å². The molecule has 1 aliphatic rings. The quantitative estimate of drug-likeness (QED) is 0.922. The average Bonchev–Trinajstić information content (AvgIpc) is 2.74. The van der Waals surface area contributed by atoms with Crippen LogP contribution in [0.15, 0.2) is 12.1 Å². The zero-order valence-corrected chi connectivity index (χ0v) is 12.2. The SMILES string of the molecule is CC1CC(C(=O)O)CCN1C(C)c1ccc(Cl)s1. The first kappa shape index (κ1) is 13.8. The predicted molar refractivity (Wildman–Crippen MR) is 74.3 cm³/mol. The maximum absolute atomic E-state index is 11.0. The molecule has 0 aromatic carbocycles. The summed E-state index contributed by atoms with van der Waals surface area (Å²) < 4.78 is 0.810. The molecule has 1 N–H and O–H groups in total. The van der Waals surface area contributed by atoms with Gasteiger partial charge in [0.2, 0.25) is 0 Å². The monoisotopic (exact) mass is 287 g/mol. The third kappa shape index (κ3) is 2.87. The van der Waals surface area contributed by atoms with Crippen molar-refractivity contribution < 1.29 is 9.90 Å². The molecule has 1 saturated heterocycles. The molecular weight excluding hydrogens is 270 g/mol. The molecule has 1 aromatic heterocycles. The second-order valence-electron chi connectivity index (χ2n) is 4.96. The lowest BCUT2D eigenvalue weighted by atomic mass is 9.90. The van der Waals surface area contributed by atoms with Crippen molar-refractivity contribution in [1.29, 1.82) is 0 Å². The Hall–Kier alpha value is -0.580. The minimum Gasteiger partial charge on any atom is -0.481 e. The van der Waals surface area contributed by atoms with E-state index in [0.717, 1.165) is 23.7 Å². The Kier molecular flexibility index (Phi) is 4.30. The molecule has 1 aromatic rings. The van der Waals surface area contributed by atoms with E-state index in [1.807, 2.05) is 6.07 Å². The van der Waals surface area contributed by atoms with Crippen molar-refractivity contribution >= 4 is 28.9 Å². The van der Waals surface area contributed by atoms with Crippen LogP contribution in [0.3, 0.4) is 0 Å². The van der Waals surface area contributed by atoms with E-state index >= 15 is 0 Å². The van der Waals surface area contributed by atoms with Gasteiger partial charge in [0.1, 0.15) is 0 Å². The minimum absolute atomic E-state index is 0.185. The van der Waals surface area contributed by atoms with Gasteiger partial charge in [-0.25, -0.2) is 0 Å². The summed E-state index contributed by atoms with van der Waals surface area (Å²) in [5, 5.41) is 9.07. The molecule has 3 unspecified atom stereocenters. The molecule has 5 heteroatoms. The summed E-state index contributed by atoms with van der Waals surface area (Å²) in [5.41, 5.74) is 0. The van der Waals surface area contributed by atoms with Gasteiger partial charge < -0.3 is 5.11 Å². The van der Waals surface area contributed by atoms with Crippen molar-refractivity contribution in [1.82, 2.24) is 4.90 Å². The summed E-state index contributed by atoms with van der Waals surface area (Å²) >= 11 is 7.57. The third-order valence-electron chi connectivity index (χ3n) is 3.78. The van der Waals surface area contributed by atoms with Crippen LogP contribution in [-0.2, 0) is 4.79 Å². The van der Waals surface area contributed by atoms with Gasteiger partial charge in [-0.1, -0.05) is 11.6 Å². The van der Waals surface area contributed by atoms with Gasteiger partial charge in [0.15, 0.2) is 0 Å². The van der Waals surface area contributed by atoms with Crippen LogP contribution in [0.25, 0.3) is 0 Å². The summed E-state index contributed by atoms with van der Waals surface area (Å²) in [5.74, 6) is -0.844. The summed E-state index contributed by atoms with van der Waals surface area (Å²) in [6.07, 6.45) is 1.47. The van der Waals surface area contributed by atoms with Crippen LogP contribution in [0.5, 0.6) is 0 Å². The number of rotatable bonds is 3. The molecule has 0 amide bonds. The Morgan fingerprint density at radius 1 is 1.61 bits per heavy atom. The molecule has 0 aliphatic carbocycles. The summed E-state index contributed by atoms with van der Waals surface area (Å²) in [4.78, 5) is 14.6. The second-order valence-corrected chi connectivity index (χ2v) is 6.71. The van der Waals surface area contributed by atoms with Gasteiger partial charge >= 0.3 is 5.97 Å². The van der Waals surface area contributed by atoms with Crippen LogP contribution in [0.4, 0.5) is 0 Å². The molecular formula is C13H18ClNO2S. The number of halogens is 1. The first-order valence-electron chi connectivity index (χ1n) is 6.23. The maximum atomic E-state index is 11.0. The Bertz CT molecular complexity index is 434. The van der Waals surface area contributed by atoms with Crippen molar-refractivity contribution in [3.8, 4) is 0 Å². The molecule has 0 bridgehead atoms. The van der Waals surface area contributed by atoms with Crippen LogP contribution in [0.1, 0.15) is 37.6 Å². The van der Waals surface area contributed by atoms with Crippen LogP contribution >= 0.6 is 22.9 Å². The van der Waals surface area contributed by atoms with Gasteiger partial charge in [-0.05, 0) is 45.4 Å². The van der Waals surface area contributed by atoms with E-state index in [0.29, 0.717) is 12.1 Å². The number of carbonyl (C=O) groups is 1. The zero-order chi connectivity index (χ0) is 13.3. The third-order valence-corrected chi connectivity index (χ3v) is 5.18. The molecule has 3 nitrogen and oxygen atoms in total. The van der Waals surface area contributed by atoms with Crippen LogP contribution < -0.4 is 0 Å². The van der Waals surface area contributed by atoms with Gasteiger partial charge in [-0.3, -0.25) is 9.69 Å². The molecule has 2 rings (SSSR count). The molecule has 0 saturated carbocycles. The number of hydrogen-bond acceptors (Lipinski definition) is 3. The van der Waals surface area contributed by atoms with Crippen molar-refractivity contribution in [3.05, 3.63) is 21.3 Å². The number of hydrogen-bond donors (Lipinski definition) is 1. The molecule has 18 heavy (non-hydrogen) atoms. The Morgan fingerprint density at radius 3 is 2.83 bits per heavy atom. The standard InChI is InChI=1S/C13H18ClNO2S/c1-8-7-10(13(16)17)5-6-15(8)9(2)11-3-4-12(14)18-11/h3-4,8-10H,5-7H2,1-2H3,(H,16,17). The van der Waals surface area contributed by atoms with Gasteiger partial charge in [-0.2, -0.15) is 0 Å².